The first-order valence-corrected chi connectivity index (χ1v) is 5.00. The average molecular weight is 196 g/mol. The van der Waals surface area contributed by atoms with Gasteiger partial charge >= 0.3 is 5.97 Å². The highest BCUT2D eigenvalue weighted by Crippen LogP contribution is 2.25. The van der Waals surface area contributed by atoms with E-state index in [1.54, 1.807) is 0 Å². The summed E-state index contributed by atoms with van der Waals surface area (Å²) in [6.07, 6.45) is 0. The maximum absolute atomic E-state index is 10.4. The summed E-state index contributed by atoms with van der Waals surface area (Å²) in [5.74, 6) is -0.640. The molecule has 0 fully saturated rings. The summed E-state index contributed by atoms with van der Waals surface area (Å²) in [5.41, 5.74) is 2.29. The zero-order valence-electron chi connectivity index (χ0n) is 7.70. The van der Waals surface area contributed by atoms with E-state index < -0.39 is 5.97 Å². The Hall–Kier alpha value is -0.960. The quantitative estimate of drug-likeness (QED) is 0.755. The molecule has 0 saturated heterocycles. The van der Waals surface area contributed by atoms with Gasteiger partial charge in [0.05, 0.1) is 5.75 Å². The molecule has 13 heavy (non-hydrogen) atoms. The lowest BCUT2D eigenvalue weighted by Crippen LogP contribution is -1.98. The molecule has 0 amide bonds. The molecule has 70 valence electrons. The molecule has 0 aliphatic heterocycles. The van der Waals surface area contributed by atoms with E-state index in [1.165, 1.54) is 11.8 Å². The van der Waals surface area contributed by atoms with Crippen LogP contribution in [0.5, 0.6) is 0 Å². The first-order valence-electron chi connectivity index (χ1n) is 4.02. The summed E-state index contributed by atoms with van der Waals surface area (Å²) in [4.78, 5) is 11.5. The molecule has 1 aromatic rings. The third kappa shape index (κ3) is 2.77. The number of hydrogen-bond acceptors (Lipinski definition) is 2. The first-order chi connectivity index (χ1) is 6.11. The standard InChI is InChI=1S/C10H12O2S/c1-7-4-3-5-8(2)10(7)13-6-9(11)12/h3-5H,6H2,1-2H3,(H,11,12). The highest BCUT2D eigenvalue weighted by Gasteiger charge is 2.04. The van der Waals surface area contributed by atoms with E-state index in [1.807, 2.05) is 32.0 Å². The van der Waals surface area contributed by atoms with Gasteiger partial charge in [-0.25, -0.2) is 0 Å². The molecule has 1 rings (SSSR count). The summed E-state index contributed by atoms with van der Waals surface area (Å²) in [6.45, 7) is 3.99. The van der Waals surface area contributed by atoms with Gasteiger partial charge < -0.3 is 5.11 Å². The zero-order valence-corrected chi connectivity index (χ0v) is 8.52. The fraction of sp³-hybridized carbons (Fsp3) is 0.300. The Morgan fingerprint density at radius 2 is 1.92 bits per heavy atom. The maximum Gasteiger partial charge on any atom is 0.313 e. The van der Waals surface area contributed by atoms with Crippen LogP contribution in [-0.2, 0) is 4.79 Å². The fourth-order valence-corrected chi connectivity index (χ4v) is 2.02. The van der Waals surface area contributed by atoms with E-state index in [9.17, 15) is 4.79 Å². The smallest absolute Gasteiger partial charge is 0.313 e. The summed E-state index contributed by atoms with van der Waals surface area (Å²) in [5, 5.41) is 8.54. The molecule has 0 bridgehead atoms. The van der Waals surface area contributed by atoms with Gasteiger partial charge in [0.2, 0.25) is 0 Å². The third-order valence-corrected chi connectivity index (χ3v) is 3.07. The van der Waals surface area contributed by atoms with E-state index >= 15 is 0 Å². The Kier molecular flexibility index (Phi) is 3.37. The predicted octanol–water partition coefficient (Wildman–Crippen LogP) is 2.48. The van der Waals surface area contributed by atoms with Gasteiger partial charge in [0.1, 0.15) is 0 Å². The Balaban J connectivity index is 2.81. The van der Waals surface area contributed by atoms with E-state index in [4.69, 9.17) is 5.11 Å². The van der Waals surface area contributed by atoms with Crippen molar-refractivity contribution in [2.75, 3.05) is 5.75 Å². The van der Waals surface area contributed by atoms with Crippen molar-refractivity contribution in [3.8, 4) is 0 Å². The lowest BCUT2D eigenvalue weighted by molar-refractivity contribution is -0.133. The second-order valence-corrected chi connectivity index (χ2v) is 3.89. The van der Waals surface area contributed by atoms with Crippen molar-refractivity contribution in [3.05, 3.63) is 29.3 Å². The van der Waals surface area contributed by atoms with Crippen LogP contribution in [0.1, 0.15) is 11.1 Å². The first kappa shape index (κ1) is 10.1. The molecular formula is C10H12O2S. The number of thioether (sulfide) groups is 1. The molecule has 2 nitrogen and oxygen atoms in total. The van der Waals surface area contributed by atoms with Crippen molar-refractivity contribution in [3.63, 3.8) is 0 Å². The Morgan fingerprint density at radius 1 is 1.38 bits per heavy atom. The van der Waals surface area contributed by atoms with Crippen molar-refractivity contribution in [2.45, 2.75) is 18.7 Å². The van der Waals surface area contributed by atoms with Crippen LogP contribution in [0.4, 0.5) is 0 Å². The minimum atomic E-state index is -0.771. The lowest BCUT2D eigenvalue weighted by Gasteiger charge is -2.06. The second-order valence-electron chi connectivity index (χ2n) is 2.90. The van der Waals surface area contributed by atoms with Gasteiger partial charge in [-0.15, -0.1) is 11.8 Å². The van der Waals surface area contributed by atoms with E-state index in [0.29, 0.717) is 0 Å². The van der Waals surface area contributed by atoms with E-state index in [0.717, 1.165) is 16.0 Å². The van der Waals surface area contributed by atoms with Gasteiger partial charge in [-0.05, 0) is 25.0 Å². The molecule has 0 aliphatic carbocycles. The molecule has 0 aliphatic rings. The highest BCUT2D eigenvalue weighted by molar-refractivity contribution is 8.00. The Labute approximate surface area is 82.0 Å². The van der Waals surface area contributed by atoms with Crippen molar-refractivity contribution in [1.82, 2.24) is 0 Å². The molecule has 1 N–H and O–H groups in total. The van der Waals surface area contributed by atoms with Crippen LogP contribution in [-0.4, -0.2) is 16.8 Å². The number of carbonyl (C=O) groups is 1. The molecule has 0 unspecified atom stereocenters. The molecule has 1 aromatic carbocycles. The molecule has 0 saturated carbocycles. The highest BCUT2D eigenvalue weighted by atomic mass is 32.2. The number of carboxylic acid groups (broad SMARTS) is 1. The van der Waals surface area contributed by atoms with Crippen molar-refractivity contribution in [1.29, 1.82) is 0 Å². The van der Waals surface area contributed by atoms with Gasteiger partial charge in [-0.1, -0.05) is 18.2 Å². The maximum atomic E-state index is 10.4. The molecule has 3 heteroatoms. The van der Waals surface area contributed by atoms with Crippen LogP contribution in [0.2, 0.25) is 0 Å². The lowest BCUT2D eigenvalue weighted by atomic mass is 10.2. The fourth-order valence-electron chi connectivity index (χ4n) is 1.16. The SMILES string of the molecule is Cc1cccc(C)c1SCC(=O)O. The number of benzene rings is 1. The van der Waals surface area contributed by atoms with Crippen LogP contribution in [0.3, 0.4) is 0 Å². The van der Waals surface area contributed by atoms with E-state index in [-0.39, 0.29) is 5.75 Å². The second kappa shape index (κ2) is 4.33. The van der Waals surface area contributed by atoms with Crippen LogP contribution < -0.4 is 0 Å². The molecular weight excluding hydrogens is 184 g/mol. The number of hydrogen-bond donors (Lipinski definition) is 1. The number of carboxylic acids is 1. The molecule has 0 spiro atoms. The Morgan fingerprint density at radius 3 is 2.38 bits per heavy atom. The van der Waals surface area contributed by atoms with Crippen LogP contribution in [0.15, 0.2) is 23.1 Å². The minimum Gasteiger partial charge on any atom is -0.481 e. The minimum absolute atomic E-state index is 0.131. The van der Waals surface area contributed by atoms with Gasteiger partial charge in [0.15, 0.2) is 0 Å². The van der Waals surface area contributed by atoms with Crippen molar-refractivity contribution >= 4 is 17.7 Å². The topological polar surface area (TPSA) is 37.3 Å². The van der Waals surface area contributed by atoms with Crippen LogP contribution in [0.25, 0.3) is 0 Å². The van der Waals surface area contributed by atoms with Crippen LogP contribution in [0, 0.1) is 13.8 Å². The van der Waals surface area contributed by atoms with Crippen molar-refractivity contribution in [2.24, 2.45) is 0 Å². The molecule has 0 heterocycles. The van der Waals surface area contributed by atoms with Gasteiger partial charge in [-0.3, -0.25) is 4.79 Å². The van der Waals surface area contributed by atoms with Crippen molar-refractivity contribution < 1.29 is 9.90 Å². The Bertz CT molecular complexity index is 300. The summed E-state index contributed by atoms with van der Waals surface area (Å²) >= 11 is 1.38. The predicted molar refractivity (Wildman–Crippen MR) is 54.3 cm³/mol. The number of aryl methyl sites for hydroxylation is 2. The summed E-state index contributed by atoms with van der Waals surface area (Å²) < 4.78 is 0. The largest absolute Gasteiger partial charge is 0.481 e. The molecule has 0 radical (unpaired) electrons. The number of rotatable bonds is 3. The zero-order chi connectivity index (χ0) is 9.84. The average Bonchev–Trinajstić information content (AvgIpc) is 2.03. The number of aliphatic carboxylic acids is 1. The molecule has 0 aromatic heterocycles. The van der Waals surface area contributed by atoms with Gasteiger partial charge in [-0.2, -0.15) is 0 Å². The van der Waals surface area contributed by atoms with Gasteiger partial charge in [0.25, 0.3) is 0 Å². The van der Waals surface area contributed by atoms with Crippen LogP contribution >= 0.6 is 11.8 Å². The van der Waals surface area contributed by atoms with Gasteiger partial charge in [0, 0.05) is 4.90 Å². The van der Waals surface area contributed by atoms with E-state index in [2.05, 4.69) is 0 Å². The molecule has 0 atom stereocenters. The third-order valence-electron chi connectivity index (χ3n) is 1.75. The summed E-state index contributed by atoms with van der Waals surface area (Å²) in [7, 11) is 0. The summed E-state index contributed by atoms with van der Waals surface area (Å²) in [6, 6.07) is 5.98. The normalized spacial score (nSPS) is 10.0. The monoisotopic (exact) mass is 196 g/mol.